The number of rotatable bonds is 1. The fourth-order valence-corrected chi connectivity index (χ4v) is 2.01. The van der Waals surface area contributed by atoms with E-state index in [0.717, 1.165) is 18.4 Å². The van der Waals surface area contributed by atoms with Crippen molar-refractivity contribution in [1.82, 2.24) is 0 Å². The first-order chi connectivity index (χ1) is 7.41. The van der Waals surface area contributed by atoms with Gasteiger partial charge in [0.05, 0.1) is 5.56 Å². The van der Waals surface area contributed by atoms with Crippen molar-refractivity contribution in [3.05, 3.63) is 23.3 Å². The smallest absolute Gasteiger partial charge is 0.163 e. The number of hydrogen-bond acceptors (Lipinski definition) is 3. The Morgan fingerprint density at radius 3 is 2.75 bits per heavy atom. The molecule has 1 aliphatic heterocycles. The zero-order valence-corrected chi connectivity index (χ0v) is 9.83. The molecule has 0 spiro atoms. The normalized spacial score (nSPS) is 17.4. The molecule has 0 fully saturated rings. The molecule has 1 heterocycles. The number of phenols is 1. The van der Waals surface area contributed by atoms with Crippen molar-refractivity contribution in [3.8, 4) is 11.5 Å². The lowest BCUT2D eigenvalue weighted by molar-refractivity contribution is 0.0801. The van der Waals surface area contributed by atoms with Crippen LogP contribution >= 0.6 is 0 Å². The van der Waals surface area contributed by atoms with E-state index >= 15 is 0 Å². The average molecular weight is 220 g/mol. The molecule has 3 nitrogen and oxygen atoms in total. The maximum atomic E-state index is 11.5. The minimum Gasteiger partial charge on any atom is -0.508 e. The highest BCUT2D eigenvalue weighted by molar-refractivity contribution is 5.97. The van der Waals surface area contributed by atoms with Gasteiger partial charge in [-0.1, -0.05) is 0 Å². The molecule has 1 aromatic rings. The Morgan fingerprint density at radius 1 is 1.44 bits per heavy atom. The second kappa shape index (κ2) is 3.51. The SMILES string of the molecule is CC(=O)c1ccc(O)c2c1OC(C)(C)CC2. The maximum absolute atomic E-state index is 11.5. The van der Waals surface area contributed by atoms with Crippen LogP contribution in [0.5, 0.6) is 11.5 Å². The van der Waals surface area contributed by atoms with Crippen LogP contribution in [0.15, 0.2) is 12.1 Å². The molecule has 1 aliphatic rings. The molecular formula is C13H16O3. The summed E-state index contributed by atoms with van der Waals surface area (Å²) in [6.07, 6.45) is 1.59. The Morgan fingerprint density at radius 2 is 2.12 bits per heavy atom. The third-order valence-corrected chi connectivity index (χ3v) is 2.97. The molecule has 0 aromatic heterocycles. The van der Waals surface area contributed by atoms with Crippen molar-refractivity contribution < 1.29 is 14.6 Å². The first-order valence-corrected chi connectivity index (χ1v) is 5.45. The molecule has 0 saturated heterocycles. The molecule has 2 rings (SSSR count). The summed E-state index contributed by atoms with van der Waals surface area (Å²) < 4.78 is 5.81. The molecular weight excluding hydrogens is 204 g/mol. The minimum atomic E-state index is -0.273. The Balaban J connectivity index is 2.58. The highest BCUT2D eigenvalue weighted by atomic mass is 16.5. The fraction of sp³-hybridized carbons (Fsp3) is 0.462. The average Bonchev–Trinajstić information content (AvgIpc) is 2.15. The van der Waals surface area contributed by atoms with E-state index in [1.807, 2.05) is 13.8 Å². The number of ketones is 1. The van der Waals surface area contributed by atoms with Crippen molar-refractivity contribution in [1.29, 1.82) is 0 Å². The van der Waals surface area contributed by atoms with E-state index in [2.05, 4.69) is 0 Å². The third-order valence-electron chi connectivity index (χ3n) is 2.97. The number of ether oxygens (including phenoxy) is 1. The Labute approximate surface area is 95.0 Å². The van der Waals surface area contributed by atoms with E-state index in [9.17, 15) is 9.90 Å². The number of phenolic OH excluding ortho intramolecular Hbond substituents is 1. The summed E-state index contributed by atoms with van der Waals surface area (Å²) in [4.78, 5) is 11.5. The van der Waals surface area contributed by atoms with E-state index in [1.54, 1.807) is 12.1 Å². The molecule has 1 aromatic carbocycles. The quantitative estimate of drug-likeness (QED) is 0.740. The number of aromatic hydroxyl groups is 1. The van der Waals surface area contributed by atoms with Crippen molar-refractivity contribution in [3.63, 3.8) is 0 Å². The fourth-order valence-electron chi connectivity index (χ4n) is 2.01. The number of Topliss-reactive ketones (excluding diaryl/α,β-unsaturated/α-hetero) is 1. The van der Waals surface area contributed by atoms with E-state index < -0.39 is 0 Å². The van der Waals surface area contributed by atoms with Crippen molar-refractivity contribution in [2.24, 2.45) is 0 Å². The summed E-state index contributed by atoms with van der Waals surface area (Å²) in [5, 5.41) is 9.74. The lowest BCUT2D eigenvalue weighted by Crippen LogP contribution is -2.33. The highest BCUT2D eigenvalue weighted by Gasteiger charge is 2.30. The molecule has 0 saturated carbocycles. The summed E-state index contributed by atoms with van der Waals surface area (Å²) in [5.41, 5.74) is 1.04. The van der Waals surface area contributed by atoms with Crippen LogP contribution in [0.3, 0.4) is 0 Å². The number of fused-ring (bicyclic) bond motifs is 1. The topological polar surface area (TPSA) is 46.5 Å². The van der Waals surface area contributed by atoms with Gasteiger partial charge in [-0.25, -0.2) is 0 Å². The number of hydrogen-bond donors (Lipinski definition) is 1. The number of benzene rings is 1. The van der Waals surface area contributed by atoms with Gasteiger partial charge in [-0.2, -0.15) is 0 Å². The summed E-state index contributed by atoms with van der Waals surface area (Å²) in [5.74, 6) is 0.744. The first kappa shape index (κ1) is 11.0. The van der Waals surface area contributed by atoms with Gasteiger partial charge in [0.25, 0.3) is 0 Å². The van der Waals surface area contributed by atoms with Gasteiger partial charge in [0, 0.05) is 5.56 Å². The van der Waals surface area contributed by atoms with E-state index in [1.165, 1.54) is 6.92 Å². The van der Waals surface area contributed by atoms with Gasteiger partial charge in [0.1, 0.15) is 17.1 Å². The Hall–Kier alpha value is -1.51. The molecule has 86 valence electrons. The summed E-state index contributed by atoms with van der Waals surface area (Å²) in [6, 6.07) is 3.19. The van der Waals surface area contributed by atoms with Crippen molar-refractivity contribution >= 4 is 5.78 Å². The van der Waals surface area contributed by atoms with Crippen LogP contribution in [0.1, 0.15) is 43.1 Å². The van der Waals surface area contributed by atoms with Crippen LogP contribution < -0.4 is 4.74 Å². The van der Waals surface area contributed by atoms with E-state index in [0.29, 0.717) is 11.3 Å². The molecule has 16 heavy (non-hydrogen) atoms. The lowest BCUT2D eigenvalue weighted by atomic mass is 9.91. The molecule has 0 atom stereocenters. The summed E-state index contributed by atoms with van der Waals surface area (Å²) in [6.45, 7) is 5.49. The van der Waals surface area contributed by atoms with E-state index in [4.69, 9.17) is 4.74 Å². The largest absolute Gasteiger partial charge is 0.508 e. The van der Waals surface area contributed by atoms with Crippen LogP contribution in [0.25, 0.3) is 0 Å². The van der Waals surface area contributed by atoms with Crippen LogP contribution in [0.2, 0.25) is 0 Å². The van der Waals surface area contributed by atoms with Crippen LogP contribution in [0, 0.1) is 0 Å². The monoisotopic (exact) mass is 220 g/mol. The standard InChI is InChI=1S/C13H16O3/c1-8(14)9-4-5-11(15)10-6-7-13(2,3)16-12(9)10/h4-5,15H,6-7H2,1-3H3. The van der Waals surface area contributed by atoms with Gasteiger partial charge in [-0.05, 0) is 45.7 Å². The van der Waals surface area contributed by atoms with Gasteiger partial charge in [-0.3, -0.25) is 4.79 Å². The van der Waals surface area contributed by atoms with E-state index in [-0.39, 0.29) is 17.1 Å². The number of carbonyl (C=O) groups excluding carboxylic acids is 1. The molecule has 0 radical (unpaired) electrons. The zero-order valence-electron chi connectivity index (χ0n) is 9.83. The molecule has 0 amide bonds. The van der Waals surface area contributed by atoms with Gasteiger partial charge in [0.2, 0.25) is 0 Å². The lowest BCUT2D eigenvalue weighted by Gasteiger charge is -2.33. The van der Waals surface area contributed by atoms with Gasteiger partial charge in [0.15, 0.2) is 5.78 Å². The second-order valence-electron chi connectivity index (χ2n) is 4.86. The van der Waals surface area contributed by atoms with Crippen molar-refractivity contribution in [2.45, 2.75) is 39.2 Å². The Bertz CT molecular complexity index is 447. The second-order valence-corrected chi connectivity index (χ2v) is 4.86. The van der Waals surface area contributed by atoms with Crippen LogP contribution in [0.4, 0.5) is 0 Å². The molecule has 0 aliphatic carbocycles. The van der Waals surface area contributed by atoms with Crippen molar-refractivity contribution in [2.75, 3.05) is 0 Å². The van der Waals surface area contributed by atoms with Gasteiger partial charge < -0.3 is 9.84 Å². The van der Waals surface area contributed by atoms with Crippen LogP contribution in [-0.2, 0) is 6.42 Å². The molecule has 0 bridgehead atoms. The van der Waals surface area contributed by atoms with Gasteiger partial charge in [-0.15, -0.1) is 0 Å². The third kappa shape index (κ3) is 1.77. The minimum absolute atomic E-state index is 0.0334. The van der Waals surface area contributed by atoms with Crippen LogP contribution in [-0.4, -0.2) is 16.5 Å². The molecule has 0 unspecified atom stereocenters. The zero-order chi connectivity index (χ0) is 11.9. The van der Waals surface area contributed by atoms with Gasteiger partial charge >= 0.3 is 0 Å². The summed E-state index contributed by atoms with van der Waals surface area (Å²) >= 11 is 0. The Kier molecular flexibility index (Phi) is 2.41. The predicted molar refractivity (Wildman–Crippen MR) is 61.1 cm³/mol. The number of carbonyl (C=O) groups is 1. The highest BCUT2D eigenvalue weighted by Crippen LogP contribution is 2.40. The maximum Gasteiger partial charge on any atom is 0.163 e. The molecule has 3 heteroatoms. The summed E-state index contributed by atoms with van der Waals surface area (Å²) in [7, 11) is 0. The molecule has 1 N–H and O–H groups in total. The first-order valence-electron chi connectivity index (χ1n) is 5.45. The predicted octanol–water partition coefficient (Wildman–Crippen LogP) is 2.70.